The van der Waals surface area contributed by atoms with E-state index in [1.165, 1.54) is 0 Å². The zero-order chi connectivity index (χ0) is 20.1. The number of rotatable bonds is 4. The van der Waals surface area contributed by atoms with Crippen LogP contribution in [0.15, 0.2) is 41.3 Å². The Labute approximate surface area is 166 Å². The molecule has 2 aliphatic rings. The van der Waals surface area contributed by atoms with Crippen molar-refractivity contribution in [2.75, 3.05) is 9.62 Å². The first-order valence-corrected chi connectivity index (χ1v) is 11.3. The van der Waals surface area contributed by atoms with E-state index in [0.717, 1.165) is 41.6 Å². The molecule has 0 unspecified atom stereocenters. The largest absolute Gasteiger partial charge is 0.309 e. The first-order valence-electron chi connectivity index (χ1n) is 9.82. The first kappa shape index (κ1) is 19.0. The van der Waals surface area contributed by atoms with Gasteiger partial charge in [0, 0.05) is 17.6 Å². The predicted octanol–water partition coefficient (Wildman–Crippen LogP) is 4.18. The number of carbonyl (C=O) groups excluding carboxylic acids is 1. The summed E-state index contributed by atoms with van der Waals surface area (Å²) in [5.41, 5.74) is 4.24. The van der Waals surface area contributed by atoms with Crippen molar-refractivity contribution >= 4 is 27.3 Å². The Kier molecular flexibility index (Phi) is 4.70. The summed E-state index contributed by atoms with van der Waals surface area (Å²) in [7, 11) is -3.69. The van der Waals surface area contributed by atoms with Gasteiger partial charge in [-0.1, -0.05) is 18.6 Å². The van der Waals surface area contributed by atoms with Crippen LogP contribution in [0.2, 0.25) is 0 Å². The Bertz CT molecular complexity index is 1040. The minimum atomic E-state index is -3.69. The third-order valence-electron chi connectivity index (χ3n) is 5.91. The van der Waals surface area contributed by atoms with Crippen molar-refractivity contribution in [1.82, 2.24) is 0 Å². The van der Waals surface area contributed by atoms with Crippen LogP contribution in [0.3, 0.4) is 0 Å². The summed E-state index contributed by atoms with van der Waals surface area (Å²) in [6, 6.07) is 10.9. The van der Waals surface area contributed by atoms with E-state index in [0.29, 0.717) is 12.1 Å². The second-order valence-corrected chi connectivity index (χ2v) is 9.79. The summed E-state index contributed by atoms with van der Waals surface area (Å²) in [4.78, 5) is 14.9. The number of amides is 1. The Morgan fingerprint density at radius 3 is 2.54 bits per heavy atom. The second kappa shape index (κ2) is 6.92. The SMILES string of the molecule is Cc1ccc(C)c(NS(=O)(=O)c2ccc3c(c2)C[C@H](C)N3C(=O)C2CCC2)c1. The average Bonchev–Trinajstić information content (AvgIpc) is 2.91. The van der Waals surface area contributed by atoms with Crippen molar-refractivity contribution in [2.24, 2.45) is 5.92 Å². The molecule has 1 aliphatic heterocycles. The topological polar surface area (TPSA) is 66.5 Å². The van der Waals surface area contributed by atoms with Gasteiger partial charge in [0.05, 0.1) is 10.6 Å². The summed E-state index contributed by atoms with van der Waals surface area (Å²) in [5, 5.41) is 0. The number of sulfonamides is 1. The van der Waals surface area contributed by atoms with E-state index in [9.17, 15) is 13.2 Å². The zero-order valence-corrected chi connectivity index (χ0v) is 17.3. The van der Waals surface area contributed by atoms with Crippen LogP contribution in [0.1, 0.15) is 42.9 Å². The van der Waals surface area contributed by atoms with Gasteiger partial charge in [-0.15, -0.1) is 0 Å². The molecule has 0 saturated heterocycles. The molecule has 6 heteroatoms. The number of carbonyl (C=O) groups is 1. The zero-order valence-electron chi connectivity index (χ0n) is 16.5. The van der Waals surface area contributed by atoms with Gasteiger partial charge in [-0.25, -0.2) is 8.42 Å². The van der Waals surface area contributed by atoms with Crippen molar-refractivity contribution in [3.63, 3.8) is 0 Å². The Morgan fingerprint density at radius 1 is 1.11 bits per heavy atom. The highest BCUT2D eigenvalue weighted by molar-refractivity contribution is 7.92. The molecule has 4 rings (SSSR count). The first-order chi connectivity index (χ1) is 13.3. The second-order valence-electron chi connectivity index (χ2n) is 8.10. The molecule has 28 heavy (non-hydrogen) atoms. The molecule has 1 atom stereocenters. The summed E-state index contributed by atoms with van der Waals surface area (Å²) in [6.45, 7) is 5.84. The fourth-order valence-electron chi connectivity index (χ4n) is 4.01. The van der Waals surface area contributed by atoms with Crippen LogP contribution >= 0.6 is 0 Å². The predicted molar refractivity (Wildman–Crippen MR) is 111 cm³/mol. The molecule has 2 aromatic carbocycles. The van der Waals surface area contributed by atoms with E-state index >= 15 is 0 Å². The molecule has 0 spiro atoms. The van der Waals surface area contributed by atoms with Gasteiger partial charge in [0.15, 0.2) is 0 Å². The van der Waals surface area contributed by atoms with Crippen LogP contribution in [0.25, 0.3) is 0 Å². The molecule has 0 radical (unpaired) electrons. The number of benzene rings is 2. The fraction of sp³-hybridized carbons (Fsp3) is 0.409. The summed E-state index contributed by atoms with van der Waals surface area (Å²) >= 11 is 0. The lowest BCUT2D eigenvalue weighted by molar-refractivity contribution is -0.125. The highest BCUT2D eigenvalue weighted by Crippen LogP contribution is 2.38. The molecule has 1 heterocycles. The molecular formula is C22H26N2O3S. The van der Waals surface area contributed by atoms with E-state index in [-0.39, 0.29) is 22.8 Å². The Morgan fingerprint density at radius 2 is 1.86 bits per heavy atom. The quantitative estimate of drug-likeness (QED) is 0.840. The minimum absolute atomic E-state index is 0.0630. The van der Waals surface area contributed by atoms with Gasteiger partial charge in [0.1, 0.15) is 0 Å². The number of anilines is 2. The van der Waals surface area contributed by atoms with Gasteiger partial charge in [-0.3, -0.25) is 9.52 Å². The lowest BCUT2D eigenvalue weighted by Crippen LogP contribution is -2.42. The van der Waals surface area contributed by atoms with Crippen LogP contribution in [-0.4, -0.2) is 20.4 Å². The van der Waals surface area contributed by atoms with Crippen molar-refractivity contribution < 1.29 is 13.2 Å². The summed E-state index contributed by atoms with van der Waals surface area (Å²) < 4.78 is 28.6. The van der Waals surface area contributed by atoms with Crippen LogP contribution in [0.5, 0.6) is 0 Å². The number of nitrogens with zero attached hydrogens (tertiary/aromatic N) is 1. The smallest absolute Gasteiger partial charge is 0.261 e. The van der Waals surface area contributed by atoms with E-state index in [4.69, 9.17) is 0 Å². The van der Waals surface area contributed by atoms with E-state index in [1.54, 1.807) is 18.2 Å². The van der Waals surface area contributed by atoms with Crippen LogP contribution in [0.4, 0.5) is 11.4 Å². The lowest BCUT2D eigenvalue weighted by atomic mass is 9.84. The molecule has 0 bridgehead atoms. The van der Waals surface area contributed by atoms with Crippen LogP contribution in [-0.2, 0) is 21.2 Å². The van der Waals surface area contributed by atoms with E-state index in [2.05, 4.69) is 4.72 Å². The molecule has 1 fully saturated rings. The van der Waals surface area contributed by atoms with Crippen molar-refractivity contribution in [2.45, 2.75) is 57.4 Å². The molecule has 1 amide bonds. The van der Waals surface area contributed by atoms with Gasteiger partial charge in [0.2, 0.25) is 5.91 Å². The van der Waals surface area contributed by atoms with E-state index in [1.807, 2.05) is 43.9 Å². The van der Waals surface area contributed by atoms with Crippen molar-refractivity contribution in [1.29, 1.82) is 0 Å². The Hall–Kier alpha value is -2.34. The van der Waals surface area contributed by atoms with Crippen LogP contribution < -0.4 is 9.62 Å². The molecule has 1 aliphatic carbocycles. The van der Waals surface area contributed by atoms with Gasteiger partial charge >= 0.3 is 0 Å². The number of hydrogen-bond donors (Lipinski definition) is 1. The third-order valence-corrected chi connectivity index (χ3v) is 7.27. The maximum atomic E-state index is 12.9. The van der Waals surface area contributed by atoms with Crippen molar-refractivity contribution in [3.05, 3.63) is 53.1 Å². The maximum absolute atomic E-state index is 12.9. The normalized spacial score (nSPS) is 19.2. The molecule has 5 nitrogen and oxygen atoms in total. The highest BCUT2D eigenvalue weighted by atomic mass is 32.2. The number of fused-ring (bicyclic) bond motifs is 1. The highest BCUT2D eigenvalue weighted by Gasteiger charge is 2.37. The van der Waals surface area contributed by atoms with Gasteiger partial charge < -0.3 is 4.90 Å². The van der Waals surface area contributed by atoms with E-state index < -0.39 is 10.0 Å². The fourth-order valence-corrected chi connectivity index (χ4v) is 5.18. The molecule has 1 N–H and O–H groups in total. The number of nitrogens with one attached hydrogen (secondary N) is 1. The molecule has 0 aromatic heterocycles. The van der Waals surface area contributed by atoms with Gasteiger partial charge in [0.25, 0.3) is 10.0 Å². The number of aryl methyl sites for hydroxylation is 2. The molecule has 1 saturated carbocycles. The molecular weight excluding hydrogens is 372 g/mol. The Balaban J connectivity index is 1.63. The number of hydrogen-bond acceptors (Lipinski definition) is 3. The molecule has 148 valence electrons. The lowest BCUT2D eigenvalue weighted by Gasteiger charge is -2.32. The van der Waals surface area contributed by atoms with Gasteiger partial charge in [-0.2, -0.15) is 0 Å². The average molecular weight is 399 g/mol. The summed E-state index contributed by atoms with van der Waals surface area (Å²) in [6.07, 6.45) is 3.72. The minimum Gasteiger partial charge on any atom is -0.309 e. The molecule has 2 aromatic rings. The standard InChI is InChI=1S/C22H26N2O3S/c1-14-7-8-15(2)20(11-14)23-28(26,27)19-9-10-21-18(13-19)12-16(3)24(21)22(25)17-5-4-6-17/h7-11,13,16-17,23H,4-6,12H2,1-3H3/t16-/m0/s1. The van der Waals surface area contributed by atoms with Crippen LogP contribution in [0, 0.1) is 19.8 Å². The van der Waals surface area contributed by atoms with Gasteiger partial charge in [-0.05, 0) is 81.0 Å². The maximum Gasteiger partial charge on any atom is 0.261 e. The van der Waals surface area contributed by atoms with Crippen molar-refractivity contribution in [3.8, 4) is 0 Å². The third kappa shape index (κ3) is 3.30. The monoisotopic (exact) mass is 398 g/mol. The summed E-state index contributed by atoms with van der Waals surface area (Å²) in [5.74, 6) is 0.310.